The summed E-state index contributed by atoms with van der Waals surface area (Å²) in [6, 6.07) is 34.3. The zero-order chi connectivity index (χ0) is 27.3. The molecule has 0 fully saturated rings. The second-order valence-electron chi connectivity index (χ2n) is 10.3. The smallest absolute Gasteiger partial charge is 0.0640 e. The van der Waals surface area contributed by atoms with Gasteiger partial charge >= 0.3 is 0 Å². The number of aryl methyl sites for hydroxylation is 2. The second kappa shape index (κ2) is 15.0. The Labute approximate surface area is 235 Å². The molecule has 0 aromatic heterocycles. The molecule has 4 rings (SSSR count). The fraction of sp³-hybridized carbons (Fsp3) is 0.297. The first-order chi connectivity index (χ1) is 19.2. The van der Waals surface area contributed by atoms with Crippen LogP contribution in [0.25, 0.3) is 22.3 Å². The van der Waals surface area contributed by atoms with Crippen molar-refractivity contribution in [3.05, 3.63) is 108 Å². The lowest BCUT2D eigenvalue weighted by molar-refractivity contribution is 0.608. The van der Waals surface area contributed by atoms with Crippen molar-refractivity contribution in [3.63, 3.8) is 0 Å². The van der Waals surface area contributed by atoms with Gasteiger partial charge in [-0.05, 0) is 83.8 Å². The van der Waals surface area contributed by atoms with Gasteiger partial charge in [0.25, 0.3) is 0 Å². The molecule has 4 aromatic carbocycles. The van der Waals surface area contributed by atoms with E-state index in [1.165, 1.54) is 71.9 Å². The van der Waals surface area contributed by atoms with Crippen molar-refractivity contribution in [1.29, 1.82) is 0 Å². The summed E-state index contributed by atoms with van der Waals surface area (Å²) in [5, 5.41) is 0. The first-order valence-corrected chi connectivity index (χ1v) is 14.6. The van der Waals surface area contributed by atoms with E-state index in [9.17, 15) is 0 Å². The Balaban J connectivity index is 1.54. The van der Waals surface area contributed by atoms with Gasteiger partial charge in [-0.1, -0.05) is 119 Å². The summed E-state index contributed by atoms with van der Waals surface area (Å²) in [5.74, 6) is 0. The lowest BCUT2D eigenvalue weighted by Crippen LogP contribution is -1.97. The molecule has 39 heavy (non-hydrogen) atoms. The predicted molar refractivity (Wildman–Crippen MR) is 171 cm³/mol. The van der Waals surface area contributed by atoms with Gasteiger partial charge in [0.1, 0.15) is 0 Å². The zero-order valence-corrected chi connectivity index (χ0v) is 23.9. The van der Waals surface area contributed by atoms with E-state index in [0.717, 1.165) is 29.9 Å². The number of aliphatic imine (C=N–C) groups is 2. The molecule has 0 amide bonds. The minimum absolute atomic E-state index is 0.819. The van der Waals surface area contributed by atoms with E-state index in [1.54, 1.807) is 0 Å². The summed E-state index contributed by atoms with van der Waals surface area (Å²) >= 11 is 0. The third kappa shape index (κ3) is 8.35. The summed E-state index contributed by atoms with van der Waals surface area (Å²) in [6.45, 7) is 6.56. The van der Waals surface area contributed by atoms with Gasteiger partial charge in [0, 0.05) is 6.21 Å². The molecule has 2 heteroatoms. The first kappa shape index (κ1) is 28.2. The quantitative estimate of drug-likeness (QED) is 0.125. The summed E-state index contributed by atoms with van der Waals surface area (Å²) in [6.07, 6.45) is 11.7. The summed E-state index contributed by atoms with van der Waals surface area (Å²) in [7, 11) is 0. The van der Waals surface area contributed by atoms with Crippen LogP contribution >= 0.6 is 0 Å². The second-order valence-corrected chi connectivity index (χ2v) is 10.3. The third-order valence-corrected chi connectivity index (χ3v) is 7.28. The molecule has 0 aliphatic rings. The van der Waals surface area contributed by atoms with Gasteiger partial charge in [0.15, 0.2) is 0 Å². The molecule has 0 bridgehead atoms. The van der Waals surface area contributed by atoms with Crippen molar-refractivity contribution in [3.8, 4) is 22.3 Å². The minimum atomic E-state index is 0.819. The van der Waals surface area contributed by atoms with Crippen LogP contribution in [0.4, 0.5) is 11.4 Å². The Morgan fingerprint density at radius 3 is 1.95 bits per heavy atom. The van der Waals surface area contributed by atoms with Gasteiger partial charge in [-0.25, -0.2) is 0 Å². The molecule has 0 aliphatic carbocycles. The monoisotopic (exact) mass is 514 g/mol. The van der Waals surface area contributed by atoms with Crippen LogP contribution in [0.3, 0.4) is 0 Å². The van der Waals surface area contributed by atoms with Crippen molar-refractivity contribution in [2.75, 3.05) is 0 Å². The lowest BCUT2D eigenvalue weighted by Gasteiger charge is -2.11. The SMILES string of the molecule is CCCCCCCCc1ccc(N=CC(CC)=Nc2ccc(C)c(-c3ccccc3)c2)cc1-c1ccccc1. The van der Waals surface area contributed by atoms with E-state index in [4.69, 9.17) is 9.98 Å². The molecular weight excluding hydrogens is 472 g/mol. The van der Waals surface area contributed by atoms with Crippen LogP contribution < -0.4 is 0 Å². The minimum Gasteiger partial charge on any atom is -0.255 e. The molecule has 0 saturated heterocycles. The predicted octanol–water partition coefficient (Wildman–Crippen LogP) is 11.1. The Hall–Kier alpha value is -3.78. The third-order valence-electron chi connectivity index (χ3n) is 7.28. The molecule has 0 unspecified atom stereocenters. The van der Waals surface area contributed by atoms with Crippen LogP contribution in [-0.2, 0) is 6.42 Å². The number of hydrogen-bond donors (Lipinski definition) is 0. The Morgan fingerprint density at radius 2 is 1.26 bits per heavy atom. The molecule has 0 spiro atoms. The summed E-state index contributed by atoms with van der Waals surface area (Å²) < 4.78 is 0. The molecule has 4 aromatic rings. The van der Waals surface area contributed by atoms with E-state index in [-0.39, 0.29) is 0 Å². The van der Waals surface area contributed by atoms with Crippen molar-refractivity contribution in [1.82, 2.24) is 0 Å². The fourth-order valence-corrected chi connectivity index (χ4v) is 4.97. The highest BCUT2D eigenvalue weighted by Crippen LogP contribution is 2.30. The lowest BCUT2D eigenvalue weighted by atomic mass is 9.95. The average Bonchev–Trinajstić information content (AvgIpc) is 2.99. The highest BCUT2D eigenvalue weighted by molar-refractivity contribution is 6.31. The van der Waals surface area contributed by atoms with Crippen LogP contribution in [-0.4, -0.2) is 11.9 Å². The molecule has 200 valence electrons. The summed E-state index contributed by atoms with van der Waals surface area (Å²) in [5.41, 5.74) is 10.5. The Morgan fingerprint density at radius 1 is 0.641 bits per heavy atom. The Bertz CT molecular complexity index is 1370. The van der Waals surface area contributed by atoms with Gasteiger partial charge in [-0.15, -0.1) is 0 Å². The normalized spacial score (nSPS) is 11.8. The van der Waals surface area contributed by atoms with E-state index in [0.29, 0.717) is 0 Å². The molecule has 0 aliphatic heterocycles. The molecule has 0 N–H and O–H groups in total. The molecule has 0 saturated carbocycles. The molecular formula is C37H42N2. The van der Waals surface area contributed by atoms with E-state index in [2.05, 4.69) is 118 Å². The first-order valence-electron chi connectivity index (χ1n) is 14.6. The maximum absolute atomic E-state index is 4.96. The average molecular weight is 515 g/mol. The van der Waals surface area contributed by atoms with Crippen LogP contribution in [0.5, 0.6) is 0 Å². The molecule has 2 nitrogen and oxygen atoms in total. The van der Waals surface area contributed by atoms with Gasteiger partial charge in [-0.3, -0.25) is 9.98 Å². The topological polar surface area (TPSA) is 24.7 Å². The van der Waals surface area contributed by atoms with E-state index in [1.807, 2.05) is 6.21 Å². The number of rotatable bonds is 13. The Kier molecular flexibility index (Phi) is 10.8. The van der Waals surface area contributed by atoms with Crippen LogP contribution in [0.1, 0.15) is 69.9 Å². The molecule has 0 atom stereocenters. The van der Waals surface area contributed by atoms with Crippen molar-refractivity contribution in [2.45, 2.75) is 72.1 Å². The van der Waals surface area contributed by atoms with Crippen LogP contribution in [0.15, 0.2) is 107 Å². The highest BCUT2D eigenvalue weighted by Gasteiger charge is 2.08. The maximum atomic E-state index is 4.96. The molecule has 0 heterocycles. The van der Waals surface area contributed by atoms with Crippen molar-refractivity contribution in [2.24, 2.45) is 9.98 Å². The van der Waals surface area contributed by atoms with Crippen molar-refractivity contribution < 1.29 is 0 Å². The number of nitrogens with zero attached hydrogens (tertiary/aromatic N) is 2. The number of benzene rings is 4. The largest absolute Gasteiger partial charge is 0.255 e. The van der Waals surface area contributed by atoms with Crippen molar-refractivity contribution >= 4 is 23.3 Å². The standard InChI is InChI=1S/C37H42N2/c1-4-6-7-8-9-12-21-32-23-25-34(26-37(32)31-19-15-11-16-20-31)38-28-33(5-2)39-35-24-22-29(3)36(27-35)30-17-13-10-14-18-30/h10-11,13-20,22-28H,4-9,12,21H2,1-3H3. The highest BCUT2D eigenvalue weighted by atomic mass is 14.8. The molecule has 0 radical (unpaired) electrons. The van der Waals surface area contributed by atoms with Gasteiger partial charge < -0.3 is 0 Å². The van der Waals surface area contributed by atoms with Crippen LogP contribution in [0.2, 0.25) is 0 Å². The van der Waals surface area contributed by atoms with E-state index < -0.39 is 0 Å². The number of unbranched alkanes of at least 4 members (excludes halogenated alkanes) is 5. The maximum Gasteiger partial charge on any atom is 0.0640 e. The van der Waals surface area contributed by atoms with Gasteiger partial charge in [0.2, 0.25) is 0 Å². The summed E-state index contributed by atoms with van der Waals surface area (Å²) in [4.78, 5) is 9.83. The number of hydrogen-bond acceptors (Lipinski definition) is 2. The fourth-order valence-electron chi connectivity index (χ4n) is 4.97. The van der Waals surface area contributed by atoms with Gasteiger partial charge in [-0.2, -0.15) is 0 Å². The zero-order valence-electron chi connectivity index (χ0n) is 23.9. The van der Waals surface area contributed by atoms with Crippen LogP contribution in [0, 0.1) is 6.92 Å². The van der Waals surface area contributed by atoms with Gasteiger partial charge in [0.05, 0.1) is 17.1 Å². The van der Waals surface area contributed by atoms with E-state index >= 15 is 0 Å².